The summed E-state index contributed by atoms with van der Waals surface area (Å²) in [6.07, 6.45) is 0. The van der Waals surface area contributed by atoms with Crippen LogP contribution in [0.5, 0.6) is 23.0 Å². The average molecular weight is 867 g/mol. The van der Waals surface area contributed by atoms with E-state index in [-0.39, 0.29) is 11.5 Å². The standard InChI is InChI=1S/C12H6F6O6S2.C10H8O2.C2F6O5S2/c13-11(14,15)25(19,20)23-9-5-6-10(8-4-2-1-3-7(8)9)24-26(21,22)12(16,17)18;11-9-5-6-10(12)8-4-2-1-3-7(8)9;3-1(4,5)14(9,10)13-15(11,12)2(6,7)8/h1-6H;1-6,11-12H;. The molecule has 0 aliphatic carbocycles. The molecule has 296 valence electrons. The van der Waals surface area contributed by atoms with Crippen LogP contribution in [0, 0.1) is 0 Å². The Labute approximate surface area is 288 Å². The van der Waals surface area contributed by atoms with E-state index >= 15 is 0 Å². The summed E-state index contributed by atoms with van der Waals surface area (Å²) in [5, 5.41) is 19.3. The number of hydrogen-bond acceptors (Lipinski definition) is 13. The Kier molecular flexibility index (Phi) is 12.7. The minimum absolute atomic E-state index is 0.198. The van der Waals surface area contributed by atoms with Gasteiger partial charge in [-0.05, 0) is 24.3 Å². The lowest BCUT2D eigenvalue weighted by atomic mass is 10.1. The molecule has 0 aliphatic rings. The van der Waals surface area contributed by atoms with Gasteiger partial charge in [0.2, 0.25) is 0 Å². The van der Waals surface area contributed by atoms with Gasteiger partial charge in [0.25, 0.3) is 0 Å². The third-order valence-electron chi connectivity index (χ3n) is 5.43. The molecule has 0 saturated carbocycles. The van der Waals surface area contributed by atoms with Crippen LogP contribution in [0.4, 0.5) is 52.7 Å². The van der Waals surface area contributed by atoms with Gasteiger partial charge in [-0.25, -0.2) is 0 Å². The molecule has 0 bridgehead atoms. The Balaban J connectivity index is 0.000000303. The summed E-state index contributed by atoms with van der Waals surface area (Å²) in [7, 11) is -25.8. The van der Waals surface area contributed by atoms with Crippen molar-refractivity contribution >= 4 is 62.0 Å². The van der Waals surface area contributed by atoms with Crippen LogP contribution in [-0.4, -0.2) is 65.9 Å². The highest BCUT2D eigenvalue weighted by Crippen LogP contribution is 2.38. The van der Waals surface area contributed by atoms with Gasteiger partial charge >= 0.3 is 62.5 Å². The van der Waals surface area contributed by atoms with E-state index in [9.17, 15) is 96.6 Å². The molecule has 0 aromatic heterocycles. The van der Waals surface area contributed by atoms with Crippen molar-refractivity contribution < 1.29 is 109 Å². The topological polar surface area (TPSA) is 205 Å². The Morgan fingerprint density at radius 3 is 0.868 bits per heavy atom. The first-order valence-corrected chi connectivity index (χ1v) is 18.0. The number of phenols is 2. The Hall–Kier alpha value is -4.48. The predicted octanol–water partition coefficient (Wildman–Crippen LogP) is 6.25. The van der Waals surface area contributed by atoms with Crippen molar-refractivity contribution in [3.05, 3.63) is 72.8 Å². The van der Waals surface area contributed by atoms with E-state index in [2.05, 4.69) is 8.37 Å². The Bertz CT molecular complexity index is 2240. The van der Waals surface area contributed by atoms with E-state index in [1.807, 2.05) is 15.8 Å². The van der Waals surface area contributed by atoms with Crippen LogP contribution in [0.1, 0.15) is 0 Å². The molecule has 0 fully saturated rings. The highest BCUT2D eigenvalue weighted by atomic mass is 32.3. The third-order valence-corrected chi connectivity index (χ3v) is 9.93. The first-order valence-electron chi connectivity index (χ1n) is 12.4. The van der Waals surface area contributed by atoms with Crippen LogP contribution in [0.2, 0.25) is 0 Å². The first kappa shape index (κ1) is 44.7. The summed E-state index contributed by atoms with van der Waals surface area (Å²) in [5.74, 6) is -1.36. The van der Waals surface area contributed by atoms with Gasteiger partial charge in [-0.1, -0.05) is 48.5 Å². The van der Waals surface area contributed by atoms with Gasteiger partial charge < -0.3 is 18.6 Å². The van der Waals surface area contributed by atoms with Gasteiger partial charge in [-0.15, -0.1) is 3.63 Å². The molecule has 0 atom stereocenters. The lowest BCUT2D eigenvalue weighted by Gasteiger charge is -2.14. The lowest BCUT2D eigenvalue weighted by Crippen LogP contribution is -2.34. The number of aromatic hydroxyl groups is 2. The van der Waals surface area contributed by atoms with Crippen LogP contribution in [-0.2, 0) is 44.1 Å². The van der Waals surface area contributed by atoms with Crippen molar-refractivity contribution in [2.24, 2.45) is 0 Å². The number of fused-ring (bicyclic) bond motifs is 2. The molecule has 0 aliphatic heterocycles. The summed E-state index contributed by atoms with van der Waals surface area (Å²) in [6, 6.07) is 15.6. The SMILES string of the molecule is O=S(=O)(OS(=O)(=O)C(F)(F)F)C(F)(F)F.O=S(=O)(Oc1ccc(OS(=O)(=O)C(F)(F)F)c2ccccc12)C(F)(F)F.Oc1ccc(O)c2ccccc12. The monoisotopic (exact) mass is 866 g/mol. The fraction of sp³-hybridized carbons (Fsp3) is 0.167. The second-order valence-corrected chi connectivity index (χ2v) is 15.5. The van der Waals surface area contributed by atoms with Crippen LogP contribution in [0.3, 0.4) is 0 Å². The molecule has 4 rings (SSSR count). The number of alkyl halides is 12. The minimum atomic E-state index is -6.85. The molecular weight excluding hydrogens is 852 g/mol. The zero-order valence-corrected chi connectivity index (χ0v) is 27.7. The van der Waals surface area contributed by atoms with Gasteiger partial charge in [0.1, 0.15) is 11.5 Å². The van der Waals surface area contributed by atoms with Gasteiger partial charge in [-0.3, -0.25) is 0 Å². The van der Waals surface area contributed by atoms with E-state index in [1.54, 1.807) is 12.1 Å². The van der Waals surface area contributed by atoms with Gasteiger partial charge in [0.05, 0.1) is 0 Å². The fourth-order valence-electron chi connectivity index (χ4n) is 3.18. The fourth-order valence-corrected chi connectivity index (χ4v) is 5.70. The molecule has 0 radical (unpaired) electrons. The largest absolute Gasteiger partial charge is 0.534 e. The van der Waals surface area contributed by atoms with Crippen LogP contribution in [0.15, 0.2) is 72.8 Å². The molecule has 4 aromatic rings. The summed E-state index contributed by atoms with van der Waals surface area (Å²) < 4.78 is 237. The Morgan fingerprint density at radius 1 is 0.377 bits per heavy atom. The van der Waals surface area contributed by atoms with Crippen molar-refractivity contribution in [3.8, 4) is 23.0 Å². The van der Waals surface area contributed by atoms with Crippen molar-refractivity contribution in [1.82, 2.24) is 0 Å². The first-order chi connectivity index (χ1) is 23.7. The van der Waals surface area contributed by atoms with Gasteiger partial charge in [-0.2, -0.15) is 86.4 Å². The van der Waals surface area contributed by atoms with E-state index in [4.69, 9.17) is 0 Å². The van der Waals surface area contributed by atoms with Crippen molar-refractivity contribution in [2.45, 2.75) is 22.0 Å². The molecule has 13 nitrogen and oxygen atoms in total. The third kappa shape index (κ3) is 10.8. The van der Waals surface area contributed by atoms with Crippen molar-refractivity contribution in [2.75, 3.05) is 0 Å². The van der Waals surface area contributed by atoms with Gasteiger partial charge in [0.15, 0.2) is 11.5 Å². The second kappa shape index (κ2) is 15.1. The molecule has 0 spiro atoms. The van der Waals surface area contributed by atoms with Crippen LogP contribution in [0.25, 0.3) is 21.5 Å². The number of rotatable bonds is 6. The number of phenolic OH excluding ortho intramolecular Hbond substituents is 2. The molecule has 53 heavy (non-hydrogen) atoms. The maximum absolute atomic E-state index is 12.4. The molecule has 0 heterocycles. The molecule has 0 saturated heterocycles. The van der Waals surface area contributed by atoms with E-state index in [0.717, 1.165) is 12.1 Å². The number of halogens is 12. The highest BCUT2D eigenvalue weighted by molar-refractivity contribution is 8.00. The quantitative estimate of drug-likeness (QED) is 0.0953. The zero-order chi connectivity index (χ0) is 41.2. The Morgan fingerprint density at radius 2 is 0.623 bits per heavy atom. The molecular formula is C24H14F12O13S4. The minimum Gasteiger partial charge on any atom is -0.507 e. The highest BCUT2D eigenvalue weighted by Gasteiger charge is 2.57. The average Bonchev–Trinajstić information content (AvgIpc) is 2.98. The zero-order valence-electron chi connectivity index (χ0n) is 24.5. The van der Waals surface area contributed by atoms with E-state index in [0.29, 0.717) is 22.9 Å². The predicted molar refractivity (Wildman–Crippen MR) is 153 cm³/mol. The lowest BCUT2D eigenvalue weighted by molar-refractivity contribution is -0.0586. The molecule has 4 aromatic carbocycles. The molecule has 0 unspecified atom stereocenters. The summed E-state index contributed by atoms with van der Waals surface area (Å²) >= 11 is 0. The number of benzene rings is 4. The van der Waals surface area contributed by atoms with E-state index < -0.39 is 84.8 Å². The normalized spacial score (nSPS) is 13.4. The summed E-state index contributed by atoms with van der Waals surface area (Å²) in [4.78, 5) is 0. The molecule has 0 amide bonds. The maximum Gasteiger partial charge on any atom is 0.534 e. The second-order valence-electron chi connectivity index (χ2n) is 9.09. The summed E-state index contributed by atoms with van der Waals surface area (Å²) in [6.45, 7) is 0. The van der Waals surface area contributed by atoms with Gasteiger partial charge in [0, 0.05) is 21.5 Å². The van der Waals surface area contributed by atoms with Crippen LogP contribution >= 0.6 is 0 Å². The van der Waals surface area contributed by atoms with Crippen LogP contribution < -0.4 is 8.37 Å². The van der Waals surface area contributed by atoms with Crippen molar-refractivity contribution in [1.29, 1.82) is 0 Å². The number of hydrogen-bond donors (Lipinski definition) is 2. The maximum atomic E-state index is 12.4. The van der Waals surface area contributed by atoms with Crippen molar-refractivity contribution in [3.63, 3.8) is 0 Å². The molecule has 2 N–H and O–H groups in total. The van der Waals surface area contributed by atoms with E-state index in [1.165, 1.54) is 24.3 Å². The smallest absolute Gasteiger partial charge is 0.507 e. The molecule has 29 heteroatoms. The summed E-state index contributed by atoms with van der Waals surface area (Å²) in [5.41, 5.74) is -24.0.